The average molecular weight is 352 g/mol. The van der Waals surface area contributed by atoms with Gasteiger partial charge in [0.25, 0.3) is 0 Å². The van der Waals surface area contributed by atoms with Crippen LogP contribution in [0.2, 0.25) is 0 Å². The Hall–Kier alpha value is -1.29. The van der Waals surface area contributed by atoms with Crippen LogP contribution in [-0.2, 0) is 4.79 Å². The van der Waals surface area contributed by atoms with Crippen molar-refractivity contribution >= 4 is 33.7 Å². The van der Waals surface area contributed by atoms with Crippen LogP contribution in [0.5, 0.6) is 0 Å². The lowest BCUT2D eigenvalue weighted by molar-refractivity contribution is -0.131. The molecular weight excluding hydrogens is 330 g/mol. The van der Waals surface area contributed by atoms with Crippen molar-refractivity contribution in [2.24, 2.45) is 5.92 Å². The molecule has 2 rings (SSSR count). The van der Waals surface area contributed by atoms with E-state index in [0.717, 1.165) is 16.1 Å². The number of aliphatic carboxylic acids is 1. The molecule has 3 nitrogen and oxygen atoms in total. The summed E-state index contributed by atoms with van der Waals surface area (Å²) in [5.74, 6) is -0.215. The van der Waals surface area contributed by atoms with Crippen molar-refractivity contribution in [2.45, 2.75) is 38.6 Å². The summed E-state index contributed by atoms with van der Waals surface area (Å²) in [6.45, 7) is 2.33. The van der Waals surface area contributed by atoms with Crippen molar-refractivity contribution in [3.8, 4) is 0 Å². The summed E-state index contributed by atoms with van der Waals surface area (Å²) in [6.07, 6.45) is 7.96. The molecule has 1 N–H and O–H groups in total. The Labute approximate surface area is 134 Å². The van der Waals surface area contributed by atoms with Gasteiger partial charge in [-0.1, -0.05) is 41.8 Å². The van der Waals surface area contributed by atoms with Crippen LogP contribution in [0.15, 0.2) is 28.7 Å². The minimum atomic E-state index is -0.931. The molecule has 21 heavy (non-hydrogen) atoms. The Morgan fingerprint density at radius 3 is 2.71 bits per heavy atom. The fourth-order valence-electron chi connectivity index (χ4n) is 3.10. The highest BCUT2D eigenvalue weighted by Gasteiger charge is 2.25. The molecule has 1 aliphatic carbocycles. The number of carboxylic acid groups (broad SMARTS) is 1. The monoisotopic (exact) mass is 351 g/mol. The van der Waals surface area contributed by atoms with Crippen molar-refractivity contribution in [3.63, 3.8) is 0 Å². The largest absolute Gasteiger partial charge is 0.478 e. The Balaban J connectivity index is 2.17. The topological polar surface area (TPSA) is 40.5 Å². The molecule has 114 valence electrons. The molecule has 1 aromatic carbocycles. The highest BCUT2D eigenvalue weighted by molar-refractivity contribution is 9.10. The fraction of sp³-hybridized carbons (Fsp3) is 0.471. The van der Waals surface area contributed by atoms with Crippen LogP contribution in [-0.4, -0.2) is 24.2 Å². The third kappa shape index (κ3) is 4.10. The molecule has 2 atom stereocenters. The third-order valence-corrected chi connectivity index (χ3v) is 5.05. The van der Waals surface area contributed by atoms with Gasteiger partial charge in [0, 0.05) is 29.3 Å². The van der Waals surface area contributed by atoms with Crippen LogP contribution < -0.4 is 4.90 Å². The first-order chi connectivity index (χ1) is 9.99. The fourth-order valence-corrected chi connectivity index (χ4v) is 3.59. The quantitative estimate of drug-likeness (QED) is 0.808. The van der Waals surface area contributed by atoms with E-state index in [2.05, 4.69) is 46.9 Å². The number of hydrogen-bond acceptors (Lipinski definition) is 2. The van der Waals surface area contributed by atoms with E-state index < -0.39 is 5.97 Å². The van der Waals surface area contributed by atoms with Crippen molar-refractivity contribution in [2.75, 3.05) is 11.9 Å². The summed E-state index contributed by atoms with van der Waals surface area (Å²) in [5.41, 5.74) is 2.05. The minimum Gasteiger partial charge on any atom is -0.478 e. The summed E-state index contributed by atoms with van der Waals surface area (Å²) in [4.78, 5) is 13.0. The summed E-state index contributed by atoms with van der Waals surface area (Å²) < 4.78 is 0.924. The van der Waals surface area contributed by atoms with Gasteiger partial charge in [0.1, 0.15) is 0 Å². The van der Waals surface area contributed by atoms with Crippen LogP contribution in [0.4, 0.5) is 5.69 Å². The number of carboxylic acids is 1. The van der Waals surface area contributed by atoms with E-state index in [1.54, 1.807) is 6.08 Å². The van der Waals surface area contributed by atoms with Crippen LogP contribution in [0.3, 0.4) is 0 Å². The van der Waals surface area contributed by atoms with E-state index in [9.17, 15) is 4.79 Å². The molecule has 0 radical (unpaired) electrons. The predicted molar refractivity (Wildman–Crippen MR) is 90.6 cm³/mol. The summed E-state index contributed by atoms with van der Waals surface area (Å²) >= 11 is 3.53. The molecule has 0 spiro atoms. The molecule has 0 heterocycles. The van der Waals surface area contributed by atoms with E-state index in [1.807, 2.05) is 6.07 Å². The maximum atomic E-state index is 10.6. The normalized spacial score (nSPS) is 22.4. The van der Waals surface area contributed by atoms with Gasteiger partial charge in [-0.3, -0.25) is 0 Å². The predicted octanol–water partition coefficient (Wildman–Crippen LogP) is 4.56. The smallest absolute Gasteiger partial charge is 0.328 e. The van der Waals surface area contributed by atoms with E-state index in [1.165, 1.54) is 31.4 Å². The van der Waals surface area contributed by atoms with E-state index in [4.69, 9.17) is 5.11 Å². The molecule has 0 saturated heterocycles. The Morgan fingerprint density at radius 1 is 1.38 bits per heavy atom. The van der Waals surface area contributed by atoms with Crippen molar-refractivity contribution in [3.05, 3.63) is 34.3 Å². The first-order valence-electron chi connectivity index (χ1n) is 7.42. The maximum absolute atomic E-state index is 10.6. The van der Waals surface area contributed by atoms with Crippen LogP contribution in [0.1, 0.15) is 38.2 Å². The van der Waals surface area contributed by atoms with Crippen molar-refractivity contribution < 1.29 is 9.90 Å². The average Bonchev–Trinajstić information content (AvgIpc) is 2.45. The second kappa shape index (κ2) is 7.12. The summed E-state index contributed by atoms with van der Waals surface area (Å²) in [6, 6.07) is 6.69. The molecule has 4 heteroatoms. The molecule has 1 saturated carbocycles. The Kier molecular flexibility index (Phi) is 5.45. The highest BCUT2D eigenvalue weighted by Crippen LogP contribution is 2.32. The molecule has 1 aliphatic rings. The highest BCUT2D eigenvalue weighted by atomic mass is 79.9. The van der Waals surface area contributed by atoms with Gasteiger partial charge in [-0.25, -0.2) is 4.79 Å². The molecule has 0 bridgehead atoms. The van der Waals surface area contributed by atoms with Crippen LogP contribution >= 0.6 is 15.9 Å². The van der Waals surface area contributed by atoms with Gasteiger partial charge in [-0.2, -0.15) is 0 Å². The summed E-state index contributed by atoms with van der Waals surface area (Å²) in [7, 11) is 2.15. The molecule has 2 unspecified atom stereocenters. The lowest BCUT2D eigenvalue weighted by atomic mass is 9.85. The molecule has 0 amide bonds. The molecule has 0 aromatic heterocycles. The van der Waals surface area contributed by atoms with Gasteiger partial charge in [-0.05, 0) is 42.5 Å². The Bertz CT molecular complexity index is 542. The minimum absolute atomic E-state index is 0.589. The second-order valence-electron chi connectivity index (χ2n) is 5.82. The van der Waals surface area contributed by atoms with Crippen LogP contribution in [0, 0.1) is 5.92 Å². The first kappa shape index (κ1) is 16.1. The van der Waals surface area contributed by atoms with E-state index in [0.29, 0.717) is 12.0 Å². The lowest BCUT2D eigenvalue weighted by Gasteiger charge is -2.37. The number of rotatable bonds is 4. The van der Waals surface area contributed by atoms with Gasteiger partial charge in [0.05, 0.1) is 0 Å². The van der Waals surface area contributed by atoms with E-state index in [-0.39, 0.29) is 0 Å². The van der Waals surface area contributed by atoms with Crippen molar-refractivity contribution in [1.29, 1.82) is 0 Å². The maximum Gasteiger partial charge on any atom is 0.328 e. The lowest BCUT2D eigenvalue weighted by Crippen LogP contribution is -2.38. The number of carbonyl (C=O) groups is 1. The number of halogens is 1. The van der Waals surface area contributed by atoms with Gasteiger partial charge in [-0.15, -0.1) is 0 Å². The van der Waals surface area contributed by atoms with Gasteiger partial charge in [0.15, 0.2) is 0 Å². The SMILES string of the molecule is CC1CCCCC1N(C)c1ccc(/C=C/C(=O)O)c(Br)c1. The number of anilines is 1. The second-order valence-corrected chi connectivity index (χ2v) is 6.67. The number of benzene rings is 1. The zero-order valence-electron chi connectivity index (χ0n) is 12.6. The molecule has 1 aromatic rings. The standard InChI is InChI=1S/C17H22BrNO2/c1-12-5-3-4-6-16(12)19(2)14-9-7-13(15(18)11-14)8-10-17(20)21/h7-12,16H,3-6H2,1-2H3,(H,20,21)/b10-8+. The van der Waals surface area contributed by atoms with Gasteiger partial charge in [0.2, 0.25) is 0 Å². The molecule has 1 fully saturated rings. The zero-order valence-corrected chi connectivity index (χ0v) is 14.1. The number of nitrogens with zero attached hydrogens (tertiary/aromatic N) is 1. The van der Waals surface area contributed by atoms with Gasteiger partial charge >= 0.3 is 5.97 Å². The first-order valence-corrected chi connectivity index (χ1v) is 8.21. The van der Waals surface area contributed by atoms with E-state index >= 15 is 0 Å². The molecular formula is C17H22BrNO2. The summed E-state index contributed by atoms with van der Waals surface area (Å²) in [5, 5.41) is 8.70. The zero-order chi connectivity index (χ0) is 15.4. The van der Waals surface area contributed by atoms with Crippen molar-refractivity contribution in [1.82, 2.24) is 0 Å². The molecule has 0 aliphatic heterocycles. The third-order valence-electron chi connectivity index (χ3n) is 4.36. The Morgan fingerprint density at radius 2 is 2.10 bits per heavy atom. The van der Waals surface area contributed by atoms with Crippen LogP contribution in [0.25, 0.3) is 6.08 Å². The van der Waals surface area contributed by atoms with Gasteiger partial charge < -0.3 is 10.0 Å². The number of hydrogen-bond donors (Lipinski definition) is 1.